The van der Waals surface area contributed by atoms with E-state index in [1.54, 1.807) is 36.1 Å². The number of methoxy groups -OCH3 is 1. The van der Waals surface area contributed by atoms with Crippen molar-refractivity contribution in [2.45, 2.75) is 78.2 Å². The zero-order valence-electron chi connectivity index (χ0n) is 40.2. The average molecular weight is 999 g/mol. The van der Waals surface area contributed by atoms with Crippen LogP contribution in [0.4, 0.5) is 0 Å². The zero-order chi connectivity index (χ0) is 50.0. The molecule has 0 saturated carbocycles. The zero-order valence-corrected chi connectivity index (χ0v) is 41.8. The van der Waals surface area contributed by atoms with Crippen molar-refractivity contribution in [3.8, 4) is 21.9 Å². The number of carbonyl (C=O) groups is 4. The molecule has 372 valence electrons. The number of thiazole rings is 1. The normalized spacial score (nSPS) is 16.9. The average Bonchev–Trinajstić information content (AvgIpc) is 4.05. The van der Waals surface area contributed by atoms with Crippen molar-refractivity contribution >= 4 is 52.3 Å². The van der Waals surface area contributed by atoms with Crippen LogP contribution in [-0.2, 0) is 39.9 Å². The summed E-state index contributed by atoms with van der Waals surface area (Å²) in [6.45, 7) is 10.5. The number of aliphatic hydroxyl groups is 1. The number of aliphatic hydroxyl groups excluding tert-OH is 1. The number of ether oxygens (including phenoxy) is 4. The quantitative estimate of drug-likeness (QED) is 0.0720. The van der Waals surface area contributed by atoms with Crippen molar-refractivity contribution in [3.63, 3.8) is 0 Å². The Labute approximate surface area is 416 Å². The second-order valence-electron chi connectivity index (χ2n) is 18.1. The van der Waals surface area contributed by atoms with Crippen LogP contribution < -0.4 is 20.7 Å². The molecule has 4 atom stereocenters. The van der Waals surface area contributed by atoms with Crippen LogP contribution >= 0.6 is 22.9 Å². The third kappa shape index (κ3) is 13.0. The number of benzene rings is 3. The van der Waals surface area contributed by atoms with E-state index in [0.29, 0.717) is 28.1 Å². The predicted octanol–water partition coefficient (Wildman–Crippen LogP) is 4.93. The highest BCUT2D eigenvalue weighted by Crippen LogP contribution is 2.35. The van der Waals surface area contributed by atoms with Crippen LogP contribution in [0.3, 0.4) is 0 Å². The van der Waals surface area contributed by atoms with E-state index >= 15 is 0 Å². The number of hydrogen-bond acceptors (Lipinski definition) is 14. The molecule has 7 rings (SSSR count). The Morgan fingerprint density at radius 1 is 0.886 bits per heavy atom. The van der Waals surface area contributed by atoms with Crippen molar-refractivity contribution in [2.75, 3.05) is 59.8 Å². The molecule has 2 aromatic heterocycles. The molecule has 3 aromatic carbocycles. The monoisotopic (exact) mass is 997 g/mol. The molecule has 2 unspecified atom stereocenters. The molecule has 20 heteroatoms. The Kier molecular flexibility index (Phi) is 17.5. The summed E-state index contributed by atoms with van der Waals surface area (Å²) in [7, 11) is 1.60. The molecule has 4 amide bonds. The second kappa shape index (κ2) is 23.7. The van der Waals surface area contributed by atoms with Crippen LogP contribution in [-0.4, -0.2) is 137 Å². The molecule has 2 aliphatic heterocycles. The summed E-state index contributed by atoms with van der Waals surface area (Å²) in [6.07, 6.45) is -0.787. The van der Waals surface area contributed by atoms with E-state index < -0.39 is 41.5 Å². The maximum absolute atomic E-state index is 14.0. The fourth-order valence-corrected chi connectivity index (χ4v) is 9.21. The van der Waals surface area contributed by atoms with Gasteiger partial charge in [-0.25, -0.2) is 4.98 Å². The van der Waals surface area contributed by atoms with E-state index in [4.69, 9.17) is 35.5 Å². The summed E-state index contributed by atoms with van der Waals surface area (Å²) in [5.41, 5.74) is 7.08. The number of aliphatic imine (C=N–C) groups is 1. The first-order valence-corrected chi connectivity index (χ1v) is 24.4. The Bertz CT molecular complexity index is 2650. The summed E-state index contributed by atoms with van der Waals surface area (Å²) in [4.78, 5) is 65.6. The van der Waals surface area contributed by atoms with Gasteiger partial charge in [-0.2, -0.15) is 0 Å². The lowest BCUT2D eigenvalue weighted by Gasteiger charge is -2.35. The molecule has 0 aliphatic carbocycles. The van der Waals surface area contributed by atoms with Crippen molar-refractivity contribution in [1.82, 2.24) is 40.6 Å². The first kappa shape index (κ1) is 51.8. The Morgan fingerprint density at radius 2 is 1.59 bits per heavy atom. The summed E-state index contributed by atoms with van der Waals surface area (Å²) in [5, 5.41) is 28.5. The first-order valence-electron chi connectivity index (χ1n) is 23.1. The van der Waals surface area contributed by atoms with E-state index in [9.17, 15) is 24.3 Å². The van der Waals surface area contributed by atoms with Crippen LogP contribution in [0.25, 0.3) is 16.1 Å². The number of hydrogen-bond donors (Lipinski definition) is 4. The minimum atomic E-state index is -0.989. The fourth-order valence-electron chi connectivity index (χ4n) is 8.27. The highest BCUT2D eigenvalue weighted by atomic mass is 35.5. The number of rotatable bonds is 21. The van der Waals surface area contributed by atoms with Crippen molar-refractivity contribution in [3.05, 3.63) is 111 Å². The van der Waals surface area contributed by atoms with Gasteiger partial charge in [-0.05, 0) is 60.7 Å². The second-order valence-corrected chi connectivity index (χ2v) is 19.4. The van der Waals surface area contributed by atoms with Crippen molar-refractivity contribution in [1.29, 1.82) is 0 Å². The summed E-state index contributed by atoms with van der Waals surface area (Å²) in [6, 6.07) is 18.4. The Morgan fingerprint density at radius 3 is 2.27 bits per heavy atom. The molecule has 1 fully saturated rings. The number of β-amino-alcohol motifs (C(OH)–C–C–N with tert-alkyl or cyclic N) is 1. The molecular weight excluding hydrogens is 938 g/mol. The number of nitrogens with one attached hydrogen (secondary N) is 3. The molecule has 0 radical (unpaired) electrons. The largest absolute Gasteiger partial charge is 0.497 e. The van der Waals surface area contributed by atoms with Crippen molar-refractivity contribution in [2.24, 2.45) is 10.4 Å². The lowest BCUT2D eigenvalue weighted by Crippen LogP contribution is -2.58. The van der Waals surface area contributed by atoms with Crippen LogP contribution in [0.2, 0.25) is 5.02 Å². The lowest BCUT2D eigenvalue weighted by atomic mass is 9.85. The highest BCUT2D eigenvalue weighted by Gasteiger charge is 2.44. The van der Waals surface area contributed by atoms with E-state index in [1.807, 2.05) is 93.8 Å². The Hall–Kier alpha value is -6.09. The minimum absolute atomic E-state index is 0.0165. The third-order valence-corrected chi connectivity index (χ3v) is 13.1. The lowest BCUT2D eigenvalue weighted by molar-refractivity contribution is -0.144. The van der Waals surface area contributed by atoms with Crippen LogP contribution in [0.1, 0.15) is 73.7 Å². The molecule has 5 aromatic rings. The number of aromatic nitrogens is 4. The number of carbonyl (C=O) groups excluding carboxylic acids is 4. The van der Waals surface area contributed by atoms with E-state index in [1.165, 1.54) is 4.90 Å². The number of fused-ring (bicyclic) bond motifs is 3. The molecule has 0 bridgehead atoms. The van der Waals surface area contributed by atoms with Gasteiger partial charge < -0.3 is 44.9 Å². The van der Waals surface area contributed by atoms with Gasteiger partial charge in [0.25, 0.3) is 0 Å². The maximum atomic E-state index is 14.0. The predicted molar refractivity (Wildman–Crippen MR) is 264 cm³/mol. The van der Waals surface area contributed by atoms with Gasteiger partial charge in [-0.3, -0.25) is 28.7 Å². The number of halogens is 1. The molecule has 0 spiro atoms. The summed E-state index contributed by atoms with van der Waals surface area (Å²) >= 11 is 7.79. The SMILES string of the molecule is COc1ccc2c(c1)C(c1ccc(Cl)cc1)=NC(CC(=O)NCCOCCOCCOCC(=O)NC(C(=O)N1C[C@H](O)C[C@H]1C(=O)NCc1ccc(-c3scnc3C)cc1)C(C)(C)C)c1nnc(C)n1-2. The molecule has 4 N–H and O–H groups in total. The van der Waals surface area contributed by atoms with Gasteiger partial charge in [-0.1, -0.05) is 68.8 Å². The minimum Gasteiger partial charge on any atom is -0.497 e. The van der Waals surface area contributed by atoms with Gasteiger partial charge in [0.1, 0.15) is 36.3 Å². The number of nitrogens with zero attached hydrogens (tertiary/aromatic N) is 6. The highest BCUT2D eigenvalue weighted by molar-refractivity contribution is 7.13. The van der Waals surface area contributed by atoms with E-state index in [-0.39, 0.29) is 83.9 Å². The molecule has 1 saturated heterocycles. The Balaban J connectivity index is 0.801. The summed E-state index contributed by atoms with van der Waals surface area (Å²) < 4.78 is 24.3. The van der Waals surface area contributed by atoms with Crippen LogP contribution in [0, 0.1) is 19.3 Å². The van der Waals surface area contributed by atoms with E-state index in [0.717, 1.165) is 38.5 Å². The smallest absolute Gasteiger partial charge is 0.246 e. The number of likely N-dealkylation sites (tertiary alicyclic amines) is 1. The number of amides is 4. The van der Waals surface area contributed by atoms with Crippen LogP contribution in [0.15, 0.2) is 77.2 Å². The van der Waals surface area contributed by atoms with Gasteiger partial charge in [0, 0.05) is 42.2 Å². The molecule has 4 heterocycles. The maximum Gasteiger partial charge on any atom is 0.246 e. The third-order valence-electron chi connectivity index (χ3n) is 11.9. The van der Waals surface area contributed by atoms with Gasteiger partial charge in [0.05, 0.1) is 80.1 Å². The molecule has 70 heavy (non-hydrogen) atoms. The van der Waals surface area contributed by atoms with Gasteiger partial charge >= 0.3 is 0 Å². The van der Waals surface area contributed by atoms with Gasteiger partial charge in [0.15, 0.2) is 5.82 Å². The summed E-state index contributed by atoms with van der Waals surface area (Å²) in [5.74, 6) is 0.256. The molecular formula is C50H60ClN9O9S. The van der Waals surface area contributed by atoms with E-state index in [2.05, 4.69) is 31.1 Å². The van der Waals surface area contributed by atoms with Gasteiger partial charge in [-0.15, -0.1) is 21.5 Å². The standard InChI is InChI=1S/C50H60ClN9O9S/c1-30-45(70-29-54-30)34-9-7-32(8-10-34)26-53-48(64)41-23-36(61)27-59(41)49(65)46(50(3,4)5)56-43(63)28-69-22-21-68-20-19-67-18-17-52-42(62)25-39-47-58-57-31(2)60(47)40-16-15-37(66-6)24-38(40)44(55-39)33-11-13-35(51)14-12-33/h7-16,24,29,36,39,41,46,61H,17-23,25-28H2,1-6H3,(H,52,62)(H,53,64)(H,56,63)/t36-,39?,41+,46?/m1/s1. The van der Waals surface area contributed by atoms with Gasteiger partial charge in [0.2, 0.25) is 23.6 Å². The first-order chi connectivity index (χ1) is 33.6. The van der Waals surface area contributed by atoms with Crippen LogP contribution in [0.5, 0.6) is 5.75 Å². The molecule has 18 nitrogen and oxygen atoms in total. The fraction of sp³-hybridized carbons (Fsp3) is 0.440. The topological polar surface area (TPSA) is 221 Å². The molecule has 2 aliphatic rings. The van der Waals surface area contributed by atoms with Crippen molar-refractivity contribution < 1.29 is 43.2 Å². The number of aryl methyl sites for hydroxylation is 2.